The van der Waals surface area contributed by atoms with Crippen LogP contribution in [-0.2, 0) is 14.3 Å². The molecule has 0 fully saturated rings. The van der Waals surface area contributed by atoms with Gasteiger partial charge < -0.3 is 20.3 Å². The molecule has 0 aromatic heterocycles. The van der Waals surface area contributed by atoms with Gasteiger partial charge >= 0.3 is 5.97 Å². The lowest BCUT2D eigenvalue weighted by molar-refractivity contribution is -0.151. The Balaban J connectivity index is 4.68. The minimum absolute atomic E-state index is 0.0236. The zero-order chi connectivity index (χ0) is 45.9. The van der Waals surface area contributed by atoms with Crippen LogP contribution in [0.1, 0.15) is 226 Å². The Labute approximate surface area is 388 Å². The molecule has 360 valence electrons. The zero-order valence-electron chi connectivity index (χ0n) is 40.9. The number of aliphatic hydroxyl groups is 2. The van der Waals surface area contributed by atoms with E-state index in [0.29, 0.717) is 25.7 Å². The van der Waals surface area contributed by atoms with Crippen molar-refractivity contribution < 1.29 is 24.5 Å². The number of amides is 1. The van der Waals surface area contributed by atoms with Crippen molar-refractivity contribution in [3.05, 3.63) is 97.2 Å². The lowest BCUT2D eigenvalue weighted by Gasteiger charge is -2.24. The van der Waals surface area contributed by atoms with Crippen LogP contribution in [0.3, 0.4) is 0 Å². The van der Waals surface area contributed by atoms with Crippen molar-refractivity contribution >= 4 is 11.9 Å². The number of hydrogen-bond donors (Lipinski definition) is 3. The Kier molecular flexibility index (Phi) is 47.2. The van der Waals surface area contributed by atoms with Gasteiger partial charge in [-0.15, -0.1) is 0 Å². The monoisotopic (exact) mass is 876 g/mol. The smallest absolute Gasteiger partial charge is 0.306 e. The van der Waals surface area contributed by atoms with Gasteiger partial charge in [0.25, 0.3) is 0 Å². The fraction of sp³-hybridized carbons (Fsp3) is 0.684. The van der Waals surface area contributed by atoms with E-state index in [9.17, 15) is 19.8 Å². The van der Waals surface area contributed by atoms with Gasteiger partial charge in [-0.1, -0.05) is 214 Å². The van der Waals surface area contributed by atoms with E-state index in [1.54, 1.807) is 0 Å². The van der Waals surface area contributed by atoms with Gasteiger partial charge in [-0.05, 0) is 96.3 Å². The molecule has 0 aliphatic heterocycles. The van der Waals surface area contributed by atoms with Gasteiger partial charge in [-0.25, -0.2) is 0 Å². The molecule has 6 heteroatoms. The number of esters is 1. The summed E-state index contributed by atoms with van der Waals surface area (Å²) in [5.41, 5.74) is 0. The Bertz CT molecular complexity index is 1260. The number of nitrogens with one attached hydrogen (secondary N) is 1. The van der Waals surface area contributed by atoms with Crippen LogP contribution in [0.25, 0.3) is 0 Å². The predicted octanol–water partition coefficient (Wildman–Crippen LogP) is 15.7. The Hall–Kier alpha value is -3.22. The lowest BCUT2D eigenvalue weighted by atomic mass is 10.0. The van der Waals surface area contributed by atoms with E-state index in [-0.39, 0.29) is 24.9 Å². The maximum atomic E-state index is 13.2. The van der Waals surface area contributed by atoms with Gasteiger partial charge in [-0.2, -0.15) is 0 Å². The van der Waals surface area contributed by atoms with Crippen molar-refractivity contribution in [2.24, 2.45) is 0 Å². The summed E-state index contributed by atoms with van der Waals surface area (Å²) >= 11 is 0. The van der Waals surface area contributed by atoms with Crippen molar-refractivity contribution in [1.29, 1.82) is 0 Å². The molecule has 0 aliphatic carbocycles. The van der Waals surface area contributed by atoms with Crippen molar-refractivity contribution in [3.8, 4) is 0 Å². The third-order valence-electron chi connectivity index (χ3n) is 11.2. The molecule has 3 atom stereocenters. The predicted molar refractivity (Wildman–Crippen MR) is 273 cm³/mol. The van der Waals surface area contributed by atoms with Crippen molar-refractivity contribution in [3.63, 3.8) is 0 Å². The molecule has 0 radical (unpaired) electrons. The van der Waals surface area contributed by atoms with Crippen LogP contribution in [-0.4, -0.2) is 46.9 Å². The van der Waals surface area contributed by atoms with Crippen LogP contribution in [0.5, 0.6) is 0 Å². The van der Waals surface area contributed by atoms with Gasteiger partial charge in [0.1, 0.15) is 6.10 Å². The fourth-order valence-electron chi connectivity index (χ4n) is 7.30. The number of aliphatic hydroxyl groups excluding tert-OH is 2. The number of allylic oxidation sites excluding steroid dienone is 16. The highest BCUT2D eigenvalue weighted by atomic mass is 16.5. The molecule has 0 aromatic carbocycles. The summed E-state index contributed by atoms with van der Waals surface area (Å²) in [5.74, 6) is -0.589. The Morgan fingerprint density at radius 2 is 0.857 bits per heavy atom. The molecule has 0 saturated heterocycles. The number of unbranched alkanes of at least 4 members (excludes halogenated alkanes) is 17. The second-order valence-electron chi connectivity index (χ2n) is 17.2. The van der Waals surface area contributed by atoms with E-state index < -0.39 is 18.2 Å². The molecule has 0 aromatic rings. The molecule has 0 spiro atoms. The molecule has 0 aliphatic rings. The van der Waals surface area contributed by atoms with Crippen molar-refractivity contribution in [1.82, 2.24) is 5.32 Å². The number of hydrogen-bond acceptors (Lipinski definition) is 5. The van der Waals surface area contributed by atoms with Crippen LogP contribution in [0.2, 0.25) is 0 Å². The molecule has 0 saturated carbocycles. The Morgan fingerprint density at radius 3 is 1.29 bits per heavy atom. The summed E-state index contributed by atoms with van der Waals surface area (Å²) in [4.78, 5) is 26.1. The first-order chi connectivity index (χ1) is 31.0. The normalized spacial score (nSPS) is 14.0. The first-order valence-electron chi connectivity index (χ1n) is 26.0. The van der Waals surface area contributed by atoms with E-state index in [1.165, 1.54) is 77.0 Å². The Morgan fingerprint density at radius 1 is 0.476 bits per heavy atom. The molecule has 0 rings (SSSR count). The number of rotatable bonds is 45. The molecular formula is C57H97NO5. The molecule has 3 N–H and O–H groups in total. The van der Waals surface area contributed by atoms with Gasteiger partial charge in [0, 0.05) is 6.42 Å². The molecular weight excluding hydrogens is 779 g/mol. The lowest BCUT2D eigenvalue weighted by Crippen LogP contribution is -2.46. The average molecular weight is 876 g/mol. The van der Waals surface area contributed by atoms with E-state index >= 15 is 0 Å². The maximum absolute atomic E-state index is 13.2. The van der Waals surface area contributed by atoms with Crippen molar-refractivity contribution in [2.45, 2.75) is 244 Å². The molecule has 3 unspecified atom stereocenters. The van der Waals surface area contributed by atoms with Gasteiger partial charge in [0.05, 0.1) is 25.2 Å². The van der Waals surface area contributed by atoms with E-state index in [4.69, 9.17) is 4.74 Å². The van der Waals surface area contributed by atoms with Crippen LogP contribution in [0.4, 0.5) is 0 Å². The summed E-state index contributed by atoms with van der Waals surface area (Å²) in [6, 6.07) is -0.731. The van der Waals surface area contributed by atoms with Crippen LogP contribution >= 0.6 is 0 Å². The third-order valence-corrected chi connectivity index (χ3v) is 11.2. The van der Waals surface area contributed by atoms with E-state index in [1.807, 2.05) is 0 Å². The van der Waals surface area contributed by atoms with E-state index in [0.717, 1.165) is 96.3 Å². The zero-order valence-corrected chi connectivity index (χ0v) is 40.9. The first kappa shape index (κ1) is 59.8. The number of carbonyl (C=O) groups excluding carboxylic acids is 2. The van der Waals surface area contributed by atoms with E-state index in [2.05, 4.69) is 123 Å². The quantitative estimate of drug-likeness (QED) is 0.0322. The van der Waals surface area contributed by atoms with Gasteiger partial charge in [0.15, 0.2) is 0 Å². The standard InChI is InChI=1S/C57H97NO5/c1-4-7-10-13-16-19-22-25-27-28-30-32-35-38-41-44-47-50-57(62)63-53(48-45-42-39-36-33-24-21-18-15-12-9-6-3)51-56(61)58-54(52-59)55(60)49-46-43-40-37-34-31-29-26-23-20-17-14-11-8-5-2/h7,9-10,12,16,18-19,21,25,27,30,32-33,36,38,41,53-55,59-60H,4-6,8,11,13-15,17,20,22-24,26,28-29,31,34-35,37,39-40,42-52H2,1-3H3,(H,58,61)/b10-7-,12-9+,19-16-,21-18+,27-25-,32-30-,36-33+,41-38-. The van der Waals surface area contributed by atoms with Crippen LogP contribution < -0.4 is 5.32 Å². The molecule has 1 amide bonds. The van der Waals surface area contributed by atoms with Gasteiger partial charge in [-0.3, -0.25) is 9.59 Å². The highest BCUT2D eigenvalue weighted by molar-refractivity contribution is 5.77. The highest BCUT2D eigenvalue weighted by Gasteiger charge is 2.24. The van der Waals surface area contributed by atoms with Crippen LogP contribution in [0, 0.1) is 0 Å². The maximum Gasteiger partial charge on any atom is 0.306 e. The molecule has 0 bridgehead atoms. The summed E-state index contributed by atoms with van der Waals surface area (Å²) in [7, 11) is 0. The topological polar surface area (TPSA) is 95.9 Å². The third kappa shape index (κ3) is 45.2. The second-order valence-corrected chi connectivity index (χ2v) is 17.2. The minimum Gasteiger partial charge on any atom is -0.462 e. The summed E-state index contributed by atoms with van der Waals surface area (Å²) in [5, 5.41) is 23.8. The molecule has 6 nitrogen and oxygen atoms in total. The SMILES string of the molecule is CC/C=C\C/C=C\C/C=C\C/C=C\C/C=C\CCCC(=O)OC(CCCC/C=C/C/C=C/C/C=C/CC)CC(=O)NC(CO)C(O)CCCCCCCCCCCCCCCCC. The summed E-state index contributed by atoms with van der Waals surface area (Å²) in [6.45, 7) is 6.23. The fourth-order valence-corrected chi connectivity index (χ4v) is 7.30. The highest BCUT2D eigenvalue weighted by Crippen LogP contribution is 2.17. The first-order valence-corrected chi connectivity index (χ1v) is 26.0. The molecule has 0 heterocycles. The van der Waals surface area contributed by atoms with Gasteiger partial charge in [0.2, 0.25) is 5.91 Å². The summed E-state index contributed by atoms with van der Waals surface area (Å²) in [6.07, 6.45) is 66.2. The molecule has 63 heavy (non-hydrogen) atoms. The average Bonchev–Trinajstić information content (AvgIpc) is 3.28. The summed E-state index contributed by atoms with van der Waals surface area (Å²) < 4.78 is 5.88. The number of carbonyl (C=O) groups is 2. The minimum atomic E-state index is -0.813. The largest absolute Gasteiger partial charge is 0.462 e. The second kappa shape index (κ2) is 49.8. The van der Waals surface area contributed by atoms with Crippen molar-refractivity contribution in [2.75, 3.05) is 6.61 Å². The number of ether oxygens (including phenoxy) is 1. The van der Waals surface area contributed by atoms with Crippen LogP contribution in [0.15, 0.2) is 97.2 Å².